The fraction of sp³-hybridized carbons (Fsp3) is 0.467. The maximum absolute atomic E-state index is 6.04. The first-order valence-corrected chi connectivity index (χ1v) is 6.58. The van der Waals surface area contributed by atoms with Crippen LogP contribution in [0.1, 0.15) is 33.6 Å². The molecule has 2 aromatic rings. The van der Waals surface area contributed by atoms with Crippen LogP contribution < -0.4 is 0 Å². The lowest BCUT2D eigenvalue weighted by molar-refractivity contribution is 0.355. The minimum absolute atomic E-state index is 0.417. The van der Waals surface area contributed by atoms with Crippen LogP contribution in [0.15, 0.2) is 30.5 Å². The Morgan fingerprint density at radius 3 is 2.65 bits per heavy atom. The fourth-order valence-electron chi connectivity index (χ4n) is 2.13. The third kappa shape index (κ3) is 3.26. The lowest BCUT2D eigenvalue weighted by atomic mass is 9.91. The zero-order valence-electron chi connectivity index (χ0n) is 10.8. The Bertz CT molecular complexity index is 505. The molecule has 0 aliphatic heterocycles. The first-order valence-electron chi connectivity index (χ1n) is 6.20. The molecule has 0 saturated carbocycles. The molecule has 0 aliphatic carbocycles. The monoisotopic (exact) mass is 249 g/mol. The van der Waals surface area contributed by atoms with Crippen molar-refractivity contribution in [3.63, 3.8) is 0 Å². The van der Waals surface area contributed by atoms with Gasteiger partial charge in [0.25, 0.3) is 0 Å². The van der Waals surface area contributed by atoms with Crippen LogP contribution in [-0.4, -0.2) is 4.57 Å². The van der Waals surface area contributed by atoms with Gasteiger partial charge in [0.15, 0.2) is 0 Å². The Kier molecular flexibility index (Phi) is 3.48. The minimum atomic E-state index is 0.417. The summed E-state index contributed by atoms with van der Waals surface area (Å²) in [6.07, 6.45) is 4.61. The number of aromatic nitrogens is 1. The number of aryl methyl sites for hydroxylation is 1. The average molecular weight is 250 g/mol. The molecule has 17 heavy (non-hydrogen) atoms. The predicted molar refractivity (Wildman–Crippen MR) is 75.6 cm³/mol. The molecule has 0 radical (unpaired) electrons. The number of nitrogens with zero attached hydrogens (tertiary/aromatic N) is 1. The third-order valence-corrected chi connectivity index (χ3v) is 3.30. The van der Waals surface area contributed by atoms with Crippen molar-refractivity contribution in [2.24, 2.45) is 5.41 Å². The molecular weight excluding hydrogens is 230 g/mol. The molecule has 0 N–H and O–H groups in total. The van der Waals surface area contributed by atoms with Gasteiger partial charge in [0.05, 0.1) is 0 Å². The third-order valence-electron chi connectivity index (χ3n) is 3.06. The molecule has 0 amide bonds. The summed E-state index contributed by atoms with van der Waals surface area (Å²) in [7, 11) is 0. The molecule has 0 aliphatic rings. The first kappa shape index (κ1) is 12.5. The molecule has 1 nitrogen and oxygen atoms in total. The molecule has 0 atom stereocenters. The lowest BCUT2D eigenvalue weighted by Crippen LogP contribution is -2.07. The molecule has 92 valence electrons. The highest BCUT2D eigenvalue weighted by molar-refractivity contribution is 6.31. The molecule has 0 unspecified atom stereocenters. The number of rotatable bonds is 3. The van der Waals surface area contributed by atoms with Crippen LogP contribution in [0.5, 0.6) is 0 Å². The van der Waals surface area contributed by atoms with Crippen LogP contribution in [0, 0.1) is 5.41 Å². The normalized spacial score (nSPS) is 12.2. The zero-order valence-corrected chi connectivity index (χ0v) is 11.6. The summed E-state index contributed by atoms with van der Waals surface area (Å²) in [5, 5.41) is 2.08. The standard InChI is InChI=1S/C15H20ClN/c1-15(2,3)8-4-9-17-10-7-12-5-6-13(16)11-14(12)17/h5-7,10-11H,4,8-9H2,1-3H3. The van der Waals surface area contributed by atoms with Gasteiger partial charge < -0.3 is 4.57 Å². The number of hydrogen-bond donors (Lipinski definition) is 0. The average Bonchev–Trinajstić information content (AvgIpc) is 2.59. The Morgan fingerprint density at radius 2 is 1.94 bits per heavy atom. The van der Waals surface area contributed by atoms with Gasteiger partial charge in [-0.1, -0.05) is 38.4 Å². The van der Waals surface area contributed by atoms with E-state index < -0.39 is 0 Å². The molecule has 2 heteroatoms. The summed E-state index contributed by atoms with van der Waals surface area (Å²) in [6, 6.07) is 8.23. The van der Waals surface area contributed by atoms with Crippen LogP contribution in [-0.2, 0) is 6.54 Å². The SMILES string of the molecule is CC(C)(C)CCCn1ccc2ccc(Cl)cc21. The Morgan fingerprint density at radius 1 is 1.18 bits per heavy atom. The highest BCUT2D eigenvalue weighted by Gasteiger charge is 2.09. The van der Waals surface area contributed by atoms with Gasteiger partial charge in [-0.05, 0) is 41.8 Å². The number of fused-ring (bicyclic) bond motifs is 1. The quantitative estimate of drug-likeness (QED) is 0.712. The summed E-state index contributed by atoms with van der Waals surface area (Å²) < 4.78 is 2.30. The second-order valence-corrected chi connectivity index (χ2v) is 6.31. The molecule has 0 bridgehead atoms. The van der Waals surface area contributed by atoms with Crippen LogP contribution in [0.25, 0.3) is 10.9 Å². The van der Waals surface area contributed by atoms with E-state index in [4.69, 9.17) is 11.6 Å². The predicted octanol–water partition coefficient (Wildman–Crippen LogP) is 5.12. The molecule has 2 rings (SSSR count). The van der Waals surface area contributed by atoms with Gasteiger partial charge in [-0.25, -0.2) is 0 Å². The molecule has 0 saturated heterocycles. The van der Waals surface area contributed by atoms with Gasteiger partial charge in [-0.2, -0.15) is 0 Å². The van der Waals surface area contributed by atoms with E-state index in [0.717, 1.165) is 11.6 Å². The smallest absolute Gasteiger partial charge is 0.0495 e. The van der Waals surface area contributed by atoms with Crippen molar-refractivity contribution in [2.75, 3.05) is 0 Å². The van der Waals surface area contributed by atoms with Crippen molar-refractivity contribution in [1.82, 2.24) is 4.57 Å². The van der Waals surface area contributed by atoms with E-state index in [9.17, 15) is 0 Å². The largest absolute Gasteiger partial charge is 0.347 e. The van der Waals surface area contributed by atoms with Gasteiger partial charge in [-0.3, -0.25) is 0 Å². The summed E-state index contributed by atoms with van der Waals surface area (Å²) in [5.74, 6) is 0. The van der Waals surface area contributed by atoms with E-state index in [1.165, 1.54) is 23.7 Å². The molecular formula is C15H20ClN. The fourth-order valence-corrected chi connectivity index (χ4v) is 2.30. The van der Waals surface area contributed by atoms with Crippen molar-refractivity contribution >= 4 is 22.5 Å². The van der Waals surface area contributed by atoms with Gasteiger partial charge in [0.1, 0.15) is 0 Å². The van der Waals surface area contributed by atoms with Gasteiger partial charge in [-0.15, -0.1) is 0 Å². The Balaban J connectivity index is 2.11. The second kappa shape index (κ2) is 4.73. The molecule has 1 aromatic carbocycles. The highest BCUT2D eigenvalue weighted by atomic mass is 35.5. The van der Waals surface area contributed by atoms with Crippen molar-refractivity contribution < 1.29 is 0 Å². The van der Waals surface area contributed by atoms with Crippen LogP contribution in [0.3, 0.4) is 0 Å². The van der Waals surface area contributed by atoms with Crippen molar-refractivity contribution in [3.8, 4) is 0 Å². The number of benzene rings is 1. The molecule has 0 fully saturated rings. The second-order valence-electron chi connectivity index (χ2n) is 5.88. The topological polar surface area (TPSA) is 4.93 Å². The van der Waals surface area contributed by atoms with Gasteiger partial charge >= 0.3 is 0 Å². The summed E-state index contributed by atoms with van der Waals surface area (Å²) in [4.78, 5) is 0. The van der Waals surface area contributed by atoms with E-state index in [0.29, 0.717) is 5.41 Å². The van der Waals surface area contributed by atoms with Gasteiger partial charge in [0.2, 0.25) is 0 Å². The van der Waals surface area contributed by atoms with Crippen molar-refractivity contribution in [3.05, 3.63) is 35.5 Å². The molecule has 0 spiro atoms. The lowest BCUT2D eigenvalue weighted by Gasteiger charge is -2.18. The summed E-state index contributed by atoms with van der Waals surface area (Å²) >= 11 is 6.04. The van der Waals surface area contributed by atoms with Crippen molar-refractivity contribution in [2.45, 2.75) is 40.2 Å². The van der Waals surface area contributed by atoms with E-state index in [-0.39, 0.29) is 0 Å². The number of halogens is 1. The van der Waals surface area contributed by atoms with E-state index in [2.05, 4.69) is 43.7 Å². The highest BCUT2D eigenvalue weighted by Crippen LogP contribution is 2.24. The van der Waals surface area contributed by atoms with Crippen molar-refractivity contribution in [1.29, 1.82) is 0 Å². The van der Waals surface area contributed by atoms with Crippen LogP contribution in [0.2, 0.25) is 5.02 Å². The number of hydrogen-bond acceptors (Lipinski definition) is 0. The van der Waals surface area contributed by atoms with E-state index >= 15 is 0 Å². The van der Waals surface area contributed by atoms with E-state index in [1.54, 1.807) is 0 Å². The maximum Gasteiger partial charge on any atom is 0.0495 e. The minimum Gasteiger partial charge on any atom is -0.347 e. The van der Waals surface area contributed by atoms with Gasteiger partial charge in [0, 0.05) is 23.3 Å². The molecule has 1 heterocycles. The molecule has 1 aromatic heterocycles. The van der Waals surface area contributed by atoms with Crippen LogP contribution in [0.4, 0.5) is 0 Å². The van der Waals surface area contributed by atoms with Crippen LogP contribution >= 0.6 is 11.6 Å². The maximum atomic E-state index is 6.04. The Hall–Kier alpha value is -0.950. The zero-order chi connectivity index (χ0) is 12.5. The van der Waals surface area contributed by atoms with E-state index in [1.807, 2.05) is 12.1 Å². The Labute approximate surface area is 108 Å². The summed E-state index contributed by atoms with van der Waals surface area (Å²) in [6.45, 7) is 7.94. The first-order chi connectivity index (χ1) is 7.96. The summed E-state index contributed by atoms with van der Waals surface area (Å²) in [5.41, 5.74) is 1.66.